The second-order valence-corrected chi connectivity index (χ2v) is 5.38. The van der Waals surface area contributed by atoms with Crippen molar-refractivity contribution in [2.45, 2.75) is 6.54 Å². The van der Waals surface area contributed by atoms with Crippen LogP contribution in [0.4, 0.5) is 5.95 Å². The van der Waals surface area contributed by atoms with E-state index in [1.807, 2.05) is 21.1 Å². The molecule has 2 rings (SSSR count). The van der Waals surface area contributed by atoms with Crippen LogP contribution in [-0.2, 0) is 18.4 Å². The number of carbonyl (C=O) groups is 1. The first kappa shape index (κ1) is 14.0. The Morgan fingerprint density at radius 1 is 1.35 bits per heavy atom. The lowest BCUT2D eigenvalue weighted by molar-refractivity contribution is -0.306. The highest BCUT2D eigenvalue weighted by Crippen LogP contribution is 2.14. The van der Waals surface area contributed by atoms with Crippen LogP contribution in [0, 0.1) is 0 Å². The van der Waals surface area contributed by atoms with Crippen molar-refractivity contribution in [3.8, 4) is 0 Å². The van der Waals surface area contributed by atoms with E-state index in [1.165, 1.54) is 7.05 Å². The third kappa shape index (κ3) is 2.11. The van der Waals surface area contributed by atoms with Gasteiger partial charge in [-0.15, -0.1) is 0 Å². The number of rotatable bonds is 3. The summed E-state index contributed by atoms with van der Waals surface area (Å²) >= 11 is 0. The smallest absolute Gasteiger partial charge is 0.332 e. The van der Waals surface area contributed by atoms with Crippen molar-refractivity contribution in [1.29, 1.82) is 0 Å². The van der Waals surface area contributed by atoms with Gasteiger partial charge in [-0.05, 0) is 0 Å². The SMILES string of the molecule is Cn1c(=O)n(CC(=O)[O-])c(=O)c2[nH]c([N+](C)(C)C)nc21. The molecule has 0 radical (unpaired) electrons. The molecule has 0 saturated carbocycles. The number of aryl methyl sites for hydroxylation is 1. The molecule has 9 nitrogen and oxygen atoms in total. The number of nitrogens with zero attached hydrogens (tertiary/aromatic N) is 4. The third-order valence-electron chi connectivity index (χ3n) is 2.89. The van der Waals surface area contributed by atoms with Crippen LogP contribution in [0.25, 0.3) is 11.2 Å². The Morgan fingerprint density at radius 2 is 1.95 bits per heavy atom. The van der Waals surface area contributed by atoms with E-state index in [-0.39, 0.29) is 11.2 Å². The van der Waals surface area contributed by atoms with E-state index in [9.17, 15) is 19.5 Å². The second kappa shape index (κ2) is 4.30. The van der Waals surface area contributed by atoms with E-state index >= 15 is 0 Å². The zero-order valence-electron chi connectivity index (χ0n) is 11.6. The van der Waals surface area contributed by atoms with Crippen molar-refractivity contribution in [3.05, 3.63) is 20.8 Å². The van der Waals surface area contributed by atoms with Gasteiger partial charge in [0.1, 0.15) is 0 Å². The Balaban J connectivity index is 2.86. The summed E-state index contributed by atoms with van der Waals surface area (Å²) in [6, 6.07) is 0. The molecule has 0 atom stereocenters. The second-order valence-electron chi connectivity index (χ2n) is 5.38. The van der Waals surface area contributed by atoms with Crippen molar-refractivity contribution in [2.24, 2.45) is 7.05 Å². The average molecular weight is 281 g/mol. The number of H-pyrrole nitrogens is 1. The molecule has 2 aromatic rings. The predicted molar refractivity (Wildman–Crippen MR) is 70.2 cm³/mol. The van der Waals surface area contributed by atoms with E-state index in [1.54, 1.807) is 0 Å². The molecule has 0 bridgehead atoms. The molecule has 0 aromatic carbocycles. The number of aromatic nitrogens is 4. The molecule has 2 aromatic heterocycles. The molecule has 0 fully saturated rings. The summed E-state index contributed by atoms with van der Waals surface area (Å²) in [6.07, 6.45) is 0. The summed E-state index contributed by atoms with van der Waals surface area (Å²) in [5, 5.41) is 10.6. The number of carboxylic acid groups (broad SMARTS) is 1. The summed E-state index contributed by atoms with van der Waals surface area (Å²) in [5.41, 5.74) is -1.18. The molecule has 1 N–H and O–H groups in total. The van der Waals surface area contributed by atoms with Crippen molar-refractivity contribution < 1.29 is 9.90 Å². The molecule has 9 heteroatoms. The number of hydrogen-bond donors (Lipinski definition) is 1. The number of aromatic amines is 1. The largest absolute Gasteiger partial charge is 0.548 e. The van der Waals surface area contributed by atoms with Crippen LogP contribution >= 0.6 is 0 Å². The minimum atomic E-state index is -1.50. The molecule has 108 valence electrons. The number of fused-ring (bicyclic) bond motifs is 1. The van der Waals surface area contributed by atoms with E-state index in [0.717, 1.165) is 4.57 Å². The van der Waals surface area contributed by atoms with Crippen LogP contribution < -0.4 is 20.8 Å². The molecule has 0 aliphatic carbocycles. The van der Waals surface area contributed by atoms with Crippen LogP contribution in [0.5, 0.6) is 0 Å². The van der Waals surface area contributed by atoms with Gasteiger partial charge in [0.15, 0.2) is 11.2 Å². The standard InChI is InChI=1S/C11H15N5O4/c1-14-8-7(12-10(13-8)16(2,3)4)9(19)15(11(14)20)5-6(17)18/h5H2,1-4H3,(H-,12,13,17,18,19). The first-order valence-electron chi connectivity index (χ1n) is 5.84. The molecule has 0 aliphatic heterocycles. The molecule has 0 amide bonds. The zero-order valence-corrected chi connectivity index (χ0v) is 11.6. The summed E-state index contributed by atoms with van der Waals surface area (Å²) in [6.45, 7) is -0.791. The lowest BCUT2D eigenvalue weighted by Gasteiger charge is -2.18. The average Bonchev–Trinajstić information content (AvgIpc) is 2.76. The van der Waals surface area contributed by atoms with Crippen LogP contribution in [0.1, 0.15) is 0 Å². The minimum Gasteiger partial charge on any atom is -0.548 e. The van der Waals surface area contributed by atoms with Gasteiger partial charge in [-0.25, -0.2) is 4.79 Å². The first-order chi connectivity index (χ1) is 9.12. The van der Waals surface area contributed by atoms with E-state index < -0.39 is 23.8 Å². The molecule has 20 heavy (non-hydrogen) atoms. The molecule has 0 unspecified atom stereocenters. The van der Waals surface area contributed by atoms with E-state index in [4.69, 9.17) is 0 Å². The number of aliphatic carboxylic acids is 1. The van der Waals surface area contributed by atoms with Gasteiger partial charge in [0.25, 0.3) is 5.56 Å². The maximum absolute atomic E-state index is 12.2. The monoisotopic (exact) mass is 281 g/mol. The number of nitrogens with one attached hydrogen (secondary N) is 1. The Labute approximate surface area is 113 Å². The summed E-state index contributed by atoms with van der Waals surface area (Å²) in [7, 11) is 6.96. The summed E-state index contributed by atoms with van der Waals surface area (Å²) in [5.74, 6) is -1.02. The highest BCUT2D eigenvalue weighted by atomic mass is 16.4. The fourth-order valence-electron chi connectivity index (χ4n) is 1.82. The van der Waals surface area contributed by atoms with Crippen LogP contribution in [0.2, 0.25) is 0 Å². The molecule has 2 heterocycles. The first-order valence-corrected chi connectivity index (χ1v) is 5.84. The number of hydrogen-bond acceptors (Lipinski definition) is 5. The maximum Gasteiger partial charge on any atom is 0.332 e. The molecule has 0 saturated heterocycles. The van der Waals surface area contributed by atoms with Gasteiger partial charge in [0.05, 0.1) is 33.7 Å². The number of imidazole rings is 1. The maximum atomic E-state index is 12.2. The van der Waals surface area contributed by atoms with E-state index in [2.05, 4.69) is 9.97 Å². The number of carboxylic acids is 1. The Bertz CT molecular complexity index is 805. The topological polar surface area (TPSA) is 113 Å². The Kier molecular flexibility index (Phi) is 3.01. The van der Waals surface area contributed by atoms with Crippen molar-refractivity contribution in [2.75, 3.05) is 21.1 Å². The fraction of sp³-hybridized carbons (Fsp3) is 0.455. The van der Waals surface area contributed by atoms with Gasteiger partial charge >= 0.3 is 11.6 Å². The summed E-state index contributed by atoms with van der Waals surface area (Å²) in [4.78, 5) is 41.8. The normalized spacial score (nSPS) is 12.0. The molecule has 0 spiro atoms. The Morgan fingerprint density at radius 3 is 2.45 bits per heavy atom. The fourth-order valence-corrected chi connectivity index (χ4v) is 1.82. The minimum absolute atomic E-state index is 0.0939. The lowest BCUT2D eigenvalue weighted by atomic mass is 10.5. The zero-order chi connectivity index (χ0) is 15.2. The summed E-state index contributed by atoms with van der Waals surface area (Å²) < 4.78 is 2.06. The van der Waals surface area contributed by atoms with Gasteiger partial charge < -0.3 is 9.90 Å². The predicted octanol–water partition coefficient (Wildman–Crippen LogP) is -2.63. The van der Waals surface area contributed by atoms with Gasteiger partial charge in [0, 0.05) is 7.05 Å². The van der Waals surface area contributed by atoms with Crippen LogP contribution in [-0.4, -0.2) is 46.2 Å². The highest BCUT2D eigenvalue weighted by Gasteiger charge is 2.22. The molecular formula is C11H15N5O4. The molecule has 0 aliphatic rings. The van der Waals surface area contributed by atoms with E-state index in [0.29, 0.717) is 15.0 Å². The van der Waals surface area contributed by atoms with Crippen molar-refractivity contribution >= 4 is 23.1 Å². The third-order valence-corrected chi connectivity index (χ3v) is 2.89. The lowest BCUT2D eigenvalue weighted by Crippen LogP contribution is -2.43. The van der Waals surface area contributed by atoms with Gasteiger partial charge in [-0.1, -0.05) is 0 Å². The van der Waals surface area contributed by atoms with Gasteiger partial charge in [0.2, 0.25) is 0 Å². The van der Waals surface area contributed by atoms with Crippen molar-refractivity contribution in [1.82, 2.24) is 23.6 Å². The highest BCUT2D eigenvalue weighted by molar-refractivity contribution is 5.73. The number of quaternary nitrogens is 1. The van der Waals surface area contributed by atoms with Crippen molar-refractivity contribution in [3.63, 3.8) is 0 Å². The van der Waals surface area contributed by atoms with Crippen LogP contribution in [0.3, 0.4) is 0 Å². The van der Waals surface area contributed by atoms with Gasteiger partial charge in [-0.2, -0.15) is 4.98 Å². The molecular weight excluding hydrogens is 266 g/mol. The van der Waals surface area contributed by atoms with Gasteiger partial charge in [-0.3, -0.25) is 23.4 Å². The number of carbonyl (C=O) groups excluding carboxylic acids is 1. The Hall–Kier alpha value is -2.42. The van der Waals surface area contributed by atoms with Crippen LogP contribution in [0.15, 0.2) is 9.59 Å². The quantitative estimate of drug-likeness (QED) is 0.618.